The number of ketones is 2. The van der Waals surface area contributed by atoms with Crippen molar-refractivity contribution in [1.29, 1.82) is 0 Å². The van der Waals surface area contributed by atoms with Crippen molar-refractivity contribution >= 4 is 11.6 Å². The number of Topliss-reactive ketones (excluding diaryl/α,β-unsaturated/α-hetero) is 2. The normalized spacial score (nSPS) is 20.2. The van der Waals surface area contributed by atoms with Crippen LogP contribution in [-0.4, -0.2) is 11.6 Å². The van der Waals surface area contributed by atoms with Crippen molar-refractivity contribution in [3.8, 4) is 23.5 Å². The summed E-state index contributed by atoms with van der Waals surface area (Å²) in [6.45, 7) is 4.00. The van der Waals surface area contributed by atoms with Gasteiger partial charge in [-0.3, -0.25) is 9.59 Å². The van der Waals surface area contributed by atoms with Crippen molar-refractivity contribution in [3.05, 3.63) is 59.2 Å². The Kier molecular flexibility index (Phi) is 4.36. The molecule has 2 nitrogen and oxygen atoms in total. The van der Waals surface area contributed by atoms with Gasteiger partial charge in [-0.15, -0.1) is 12.3 Å². The van der Waals surface area contributed by atoms with Crippen LogP contribution in [0.15, 0.2) is 42.5 Å². The average molecular weight is 316 g/mol. The maximum atomic E-state index is 12.6. The Morgan fingerprint density at radius 3 is 2.38 bits per heavy atom. The fourth-order valence-electron chi connectivity index (χ4n) is 3.37. The van der Waals surface area contributed by atoms with Gasteiger partial charge in [-0.1, -0.05) is 42.0 Å². The largest absolute Gasteiger partial charge is 0.298 e. The zero-order valence-electron chi connectivity index (χ0n) is 14.0. The zero-order valence-corrected chi connectivity index (χ0v) is 14.0. The molecule has 0 N–H and O–H groups in total. The van der Waals surface area contributed by atoms with E-state index in [-0.39, 0.29) is 23.9 Å². The van der Waals surface area contributed by atoms with Gasteiger partial charge in [-0.25, -0.2) is 0 Å². The highest BCUT2D eigenvalue weighted by Gasteiger charge is 2.42. The fraction of sp³-hybridized carbons (Fsp3) is 0.273. The highest BCUT2D eigenvalue weighted by atomic mass is 16.2. The lowest BCUT2D eigenvalue weighted by Crippen LogP contribution is -2.16. The topological polar surface area (TPSA) is 34.1 Å². The van der Waals surface area contributed by atoms with Gasteiger partial charge in [0.1, 0.15) is 11.7 Å². The first-order valence-electron chi connectivity index (χ1n) is 8.18. The summed E-state index contributed by atoms with van der Waals surface area (Å²) >= 11 is 0. The van der Waals surface area contributed by atoms with E-state index in [0.29, 0.717) is 6.42 Å². The Hall–Kier alpha value is -2.66. The number of hydrogen-bond acceptors (Lipinski definition) is 2. The number of terminal acetylenes is 1. The summed E-state index contributed by atoms with van der Waals surface area (Å²) in [5.41, 5.74) is 5.10. The molecule has 2 aromatic rings. The van der Waals surface area contributed by atoms with Crippen LogP contribution >= 0.6 is 0 Å². The zero-order chi connectivity index (χ0) is 17.3. The Morgan fingerprint density at radius 2 is 1.71 bits per heavy atom. The molecule has 0 bridgehead atoms. The van der Waals surface area contributed by atoms with Crippen LogP contribution in [0.5, 0.6) is 0 Å². The minimum absolute atomic E-state index is 0.00981. The molecule has 2 aromatic carbocycles. The van der Waals surface area contributed by atoms with Crippen LogP contribution in [0.1, 0.15) is 35.4 Å². The first-order valence-corrected chi connectivity index (χ1v) is 8.18. The molecule has 1 fully saturated rings. The van der Waals surface area contributed by atoms with E-state index < -0.39 is 5.92 Å². The molecule has 0 aliphatic heterocycles. The summed E-state index contributed by atoms with van der Waals surface area (Å²) in [5, 5.41) is 0. The monoisotopic (exact) mass is 316 g/mol. The van der Waals surface area contributed by atoms with Crippen molar-refractivity contribution in [2.24, 2.45) is 5.92 Å². The third-order valence-electron chi connectivity index (χ3n) is 4.80. The molecule has 24 heavy (non-hydrogen) atoms. The van der Waals surface area contributed by atoms with Gasteiger partial charge in [0.2, 0.25) is 0 Å². The van der Waals surface area contributed by atoms with Crippen LogP contribution in [0.3, 0.4) is 0 Å². The Bertz CT molecular complexity index is 837. The summed E-state index contributed by atoms with van der Waals surface area (Å²) in [7, 11) is 0. The molecule has 2 atom stereocenters. The maximum absolute atomic E-state index is 12.6. The summed E-state index contributed by atoms with van der Waals surface area (Å²) in [6.07, 6.45) is 5.94. The summed E-state index contributed by atoms with van der Waals surface area (Å²) in [4.78, 5) is 25.1. The lowest BCUT2D eigenvalue weighted by Gasteiger charge is -2.14. The molecule has 2 heteroatoms. The molecule has 120 valence electrons. The van der Waals surface area contributed by atoms with E-state index in [1.54, 1.807) is 0 Å². The second-order valence-electron chi connectivity index (χ2n) is 6.55. The van der Waals surface area contributed by atoms with Gasteiger partial charge in [-0.05, 0) is 42.2 Å². The molecule has 0 spiro atoms. The third kappa shape index (κ3) is 2.90. The minimum Gasteiger partial charge on any atom is -0.298 e. The summed E-state index contributed by atoms with van der Waals surface area (Å²) in [5.74, 6) is 1.50. The fourth-order valence-corrected chi connectivity index (χ4v) is 3.37. The quantitative estimate of drug-likeness (QED) is 0.627. The SMILES string of the molecule is C#CCC1CC(=O)C(c2cc(-c3ccc(C)cc3)ccc2C)C1=O. The van der Waals surface area contributed by atoms with Gasteiger partial charge in [0.25, 0.3) is 0 Å². The standard InChI is InChI=1S/C22H20O2/c1-4-5-18-13-20(23)21(22(18)24)19-12-17(11-8-15(19)3)16-9-6-14(2)7-10-16/h1,6-12,18,21H,5,13H2,2-3H3. The van der Waals surface area contributed by atoms with Crippen LogP contribution in [0, 0.1) is 32.1 Å². The molecule has 1 aliphatic carbocycles. The smallest absolute Gasteiger partial charge is 0.152 e. The van der Waals surface area contributed by atoms with Gasteiger partial charge in [-0.2, -0.15) is 0 Å². The third-order valence-corrected chi connectivity index (χ3v) is 4.80. The predicted molar refractivity (Wildman–Crippen MR) is 95.7 cm³/mol. The second kappa shape index (κ2) is 6.45. The first-order chi connectivity index (χ1) is 11.5. The van der Waals surface area contributed by atoms with Gasteiger partial charge >= 0.3 is 0 Å². The number of carbonyl (C=O) groups excluding carboxylic acids is 2. The van der Waals surface area contributed by atoms with E-state index in [0.717, 1.165) is 22.3 Å². The van der Waals surface area contributed by atoms with E-state index in [4.69, 9.17) is 6.42 Å². The van der Waals surface area contributed by atoms with E-state index in [1.807, 2.05) is 32.0 Å². The predicted octanol–water partition coefficient (Wildman–Crippen LogP) is 4.24. The molecule has 0 aromatic heterocycles. The Labute approximate surface area is 142 Å². The van der Waals surface area contributed by atoms with Gasteiger partial charge in [0.05, 0.1) is 0 Å². The minimum atomic E-state index is -0.659. The van der Waals surface area contributed by atoms with Gasteiger partial charge < -0.3 is 0 Å². The van der Waals surface area contributed by atoms with Crippen molar-refractivity contribution < 1.29 is 9.59 Å². The second-order valence-corrected chi connectivity index (χ2v) is 6.55. The highest BCUT2D eigenvalue weighted by molar-refractivity contribution is 6.15. The summed E-state index contributed by atoms with van der Waals surface area (Å²) in [6, 6.07) is 14.2. The Morgan fingerprint density at radius 1 is 1.04 bits per heavy atom. The van der Waals surface area contributed by atoms with E-state index in [2.05, 4.69) is 30.2 Å². The molecule has 2 unspecified atom stereocenters. The molecule has 1 saturated carbocycles. The van der Waals surface area contributed by atoms with Crippen molar-refractivity contribution in [2.45, 2.75) is 32.6 Å². The van der Waals surface area contributed by atoms with Crippen LogP contribution in [-0.2, 0) is 9.59 Å². The average Bonchev–Trinajstić information content (AvgIpc) is 2.84. The van der Waals surface area contributed by atoms with Crippen LogP contribution in [0.2, 0.25) is 0 Å². The number of benzene rings is 2. The van der Waals surface area contributed by atoms with Crippen molar-refractivity contribution in [2.75, 3.05) is 0 Å². The first kappa shape index (κ1) is 16.2. The Balaban J connectivity index is 2.01. The van der Waals surface area contributed by atoms with Gasteiger partial charge in [0, 0.05) is 18.8 Å². The molecule has 0 saturated heterocycles. The lowest BCUT2D eigenvalue weighted by molar-refractivity contribution is -0.124. The molecular formula is C22H20O2. The lowest BCUT2D eigenvalue weighted by atomic mass is 9.88. The van der Waals surface area contributed by atoms with Crippen molar-refractivity contribution in [1.82, 2.24) is 0 Å². The molecule has 0 heterocycles. The number of rotatable bonds is 3. The summed E-state index contributed by atoms with van der Waals surface area (Å²) < 4.78 is 0. The molecule has 3 rings (SSSR count). The molecule has 1 aliphatic rings. The van der Waals surface area contributed by atoms with Gasteiger partial charge in [0.15, 0.2) is 5.78 Å². The van der Waals surface area contributed by atoms with E-state index in [1.165, 1.54) is 5.56 Å². The molecular weight excluding hydrogens is 296 g/mol. The highest BCUT2D eigenvalue weighted by Crippen LogP contribution is 2.37. The number of carbonyl (C=O) groups is 2. The van der Waals surface area contributed by atoms with Crippen LogP contribution < -0.4 is 0 Å². The number of hydrogen-bond donors (Lipinski definition) is 0. The molecule has 0 amide bonds. The molecule has 0 radical (unpaired) electrons. The van der Waals surface area contributed by atoms with Crippen molar-refractivity contribution in [3.63, 3.8) is 0 Å². The number of aryl methyl sites for hydroxylation is 2. The van der Waals surface area contributed by atoms with E-state index in [9.17, 15) is 9.59 Å². The van der Waals surface area contributed by atoms with Crippen LogP contribution in [0.25, 0.3) is 11.1 Å². The maximum Gasteiger partial charge on any atom is 0.152 e. The van der Waals surface area contributed by atoms with Crippen LogP contribution in [0.4, 0.5) is 0 Å². The van der Waals surface area contributed by atoms with E-state index >= 15 is 0 Å².